The number of nitrogens with zero attached hydrogens (tertiary/aromatic N) is 2. The summed E-state index contributed by atoms with van der Waals surface area (Å²) in [5, 5.41) is 10.0. The summed E-state index contributed by atoms with van der Waals surface area (Å²) in [6, 6.07) is 3.88. The molecular formula is C17H20ClFN2O4. The minimum Gasteiger partial charge on any atom is -0.481 e. The summed E-state index contributed by atoms with van der Waals surface area (Å²) >= 11 is 5.72. The predicted octanol–water partition coefficient (Wildman–Crippen LogP) is 1.58. The molecule has 0 aromatic heterocycles. The Kier molecular flexibility index (Phi) is 4.99. The Balaban J connectivity index is 1.78. The Labute approximate surface area is 150 Å². The van der Waals surface area contributed by atoms with Crippen LogP contribution in [-0.2, 0) is 9.53 Å². The van der Waals surface area contributed by atoms with E-state index in [2.05, 4.69) is 0 Å². The van der Waals surface area contributed by atoms with Gasteiger partial charge in [-0.3, -0.25) is 14.5 Å². The minimum absolute atomic E-state index is 0.0807. The first-order valence-corrected chi connectivity index (χ1v) is 8.44. The van der Waals surface area contributed by atoms with E-state index in [-0.39, 0.29) is 23.0 Å². The summed E-state index contributed by atoms with van der Waals surface area (Å²) in [5.74, 6) is -2.28. The Bertz CT molecular complexity index is 701. The van der Waals surface area contributed by atoms with Crippen molar-refractivity contribution in [2.45, 2.75) is 0 Å². The lowest BCUT2D eigenvalue weighted by Crippen LogP contribution is -2.42. The van der Waals surface area contributed by atoms with Crippen molar-refractivity contribution < 1.29 is 23.8 Å². The van der Waals surface area contributed by atoms with Crippen molar-refractivity contribution in [2.75, 3.05) is 46.4 Å². The highest BCUT2D eigenvalue weighted by Gasteiger charge is 2.58. The van der Waals surface area contributed by atoms with Gasteiger partial charge in [0.15, 0.2) is 0 Å². The lowest BCUT2D eigenvalue weighted by molar-refractivity contribution is -0.148. The smallest absolute Gasteiger partial charge is 0.313 e. The van der Waals surface area contributed by atoms with Gasteiger partial charge in [-0.05, 0) is 18.2 Å². The van der Waals surface area contributed by atoms with Crippen molar-refractivity contribution in [1.82, 2.24) is 9.80 Å². The largest absolute Gasteiger partial charge is 0.481 e. The van der Waals surface area contributed by atoms with Crippen molar-refractivity contribution in [3.05, 3.63) is 34.6 Å². The van der Waals surface area contributed by atoms with Crippen LogP contribution in [0.3, 0.4) is 0 Å². The first-order valence-electron chi connectivity index (χ1n) is 8.06. The van der Waals surface area contributed by atoms with Crippen LogP contribution in [0, 0.1) is 17.2 Å². The summed E-state index contributed by atoms with van der Waals surface area (Å²) in [7, 11) is 1.60. The van der Waals surface area contributed by atoms with Gasteiger partial charge in [-0.25, -0.2) is 4.39 Å². The Morgan fingerprint density at radius 2 is 2.16 bits per heavy atom. The Hall–Kier alpha value is -1.70. The molecule has 2 fully saturated rings. The topological polar surface area (TPSA) is 70.1 Å². The summed E-state index contributed by atoms with van der Waals surface area (Å²) in [4.78, 5) is 28.1. The molecule has 0 saturated carbocycles. The van der Waals surface area contributed by atoms with Gasteiger partial charge in [0.05, 0.1) is 12.2 Å². The fourth-order valence-corrected chi connectivity index (χ4v) is 4.01. The fourth-order valence-electron chi connectivity index (χ4n) is 3.85. The number of carbonyl (C=O) groups excluding carboxylic acids is 1. The predicted molar refractivity (Wildman–Crippen MR) is 89.2 cm³/mol. The lowest BCUT2D eigenvalue weighted by Gasteiger charge is -2.25. The molecule has 0 radical (unpaired) electrons. The molecular weight excluding hydrogens is 351 g/mol. The van der Waals surface area contributed by atoms with Gasteiger partial charge in [0.2, 0.25) is 0 Å². The maximum atomic E-state index is 14.0. The van der Waals surface area contributed by atoms with Crippen LogP contribution < -0.4 is 0 Å². The van der Waals surface area contributed by atoms with E-state index in [0.717, 1.165) is 6.07 Å². The van der Waals surface area contributed by atoms with Crippen molar-refractivity contribution in [3.63, 3.8) is 0 Å². The number of methoxy groups -OCH3 is 1. The normalized spacial score (nSPS) is 26.0. The van der Waals surface area contributed by atoms with Crippen LogP contribution >= 0.6 is 11.6 Å². The van der Waals surface area contributed by atoms with Crippen LogP contribution in [0.15, 0.2) is 18.2 Å². The van der Waals surface area contributed by atoms with E-state index >= 15 is 0 Å². The second kappa shape index (κ2) is 6.90. The first-order chi connectivity index (χ1) is 11.9. The molecule has 8 heteroatoms. The quantitative estimate of drug-likeness (QED) is 0.852. The molecule has 0 aliphatic carbocycles. The highest BCUT2D eigenvalue weighted by molar-refractivity contribution is 6.30. The number of halogens is 2. The number of amides is 1. The lowest BCUT2D eigenvalue weighted by atomic mass is 9.81. The number of likely N-dealkylation sites (tertiary alicyclic amines) is 2. The standard InChI is InChI=1S/C17H20ClFN2O4/c1-25-5-4-20-7-11-8-21(10-17(11,9-20)16(23)24)15(22)13-3-2-12(18)6-14(13)19/h2-3,6,11H,4-5,7-10H2,1H3,(H,23,24)/t11-,17-/m1/s1. The molecule has 2 aliphatic rings. The third-order valence-electron chi connectivity index (χ3n) is 5.17. The molecule has 2 saturated heterocycles. The number of carboxylic acids is 1. The van der Waals surface area contributed by atoms with E-state index in [9.17, 15) is 19.1 Å². The van der Waals surface area contributed by atoms with E-state index in [1.54, 1.807) is 7.11 Å². The molecule has 1 aromatic carbocycles. The second-order valence-electron chi connectivity index (χ2n) is 6.70. The summed E-state index contributed by atoms with van der Waals surface area (Å²) in [6.45, 7) is 2.52. The molecule has 1 amide bonds. The Morgan fingerprint density at radius 3 is 2.76 bits per heavy atom. The highest BCUT2D eigenvalue weighted by Crippen LogP contribution is 2.43. The average molecular weight is 371 g/mol. The zero-order valence-electron chi connectivity index (χ0n) is 13.9. The molecule has 2 aliphatic heterocycles. The molecule has 0 unspecified atom stereocenters. The molecule has 136 valence electrons. The molecule has 6 nitrogen and oxygen atoms in total. The maximum Gasteiger partial charge on any atom is 0.313 e. The van der Waals surface area contributed by atoms with Crippen molar-refractivity contribution in [1.29, 1.82) is 0 Å². The first kappa shape index (κ1) is 18.1. The third kappa shape index (κ3) is 3.23. The third-order valence-corrected chi connectivity index (χ3v) is 5.40. The molecule has 1 aromatic rings. The van der Waals surface area contributed by atoms with E-state index in [4.69, 9.17) is 16.3 Å². The number of carboxylic acid groups (broad SMARTS) is 1. The van der Waals surface area contributed by atoms with Crippen LogP contribution in [0.5, 0.6) is 0 Å². The molecule has 2 atom stereocenters. The Morgan fingerprint density at radius 1 is 1.40 bits per heavy atom. The van der Waals surface area contributed by atoms with Gasteiger partial charge in [0.1, 0.15) is 11.2 Å². The number of rotatable bonds is 5. The van der Waals surface area contributed by atoms with Gasteiger partial charge >= 0.3 is 5.97 Å². The van der Waals surface area contributed by atoms with Gasteiger partial charge in [-0.2, -0.15) is 0 Å². The van der Waals surface area contributed by atoms with Crippen LogP contribution in [0.4, 0.5) is 4.39 Å². The molecule has 1 N–H and O–H groups in total. The van der Waals surface area contributed by atoms with Gasteiger partial charge in [-0.15, -0.1) is 0 Å². The number of hydrogen-bond donors (Lipinski definition) is 1. The molecule has 0 bridgehead atoms. The molecule has 0 spiro atoms. The SMILES string of the molecule is COCCN1C[C@@H]2CN(C(=O)c3ccc(Cl)cc3F)C[C@]2(C(=O)O)C1. The molecule has 25 heavy (non-hydrogen) atoms. The fraction of sp³-hybridized carbons (Fsp3) is 0.529. The summed E-state index contributed by atoms with van der Waals surface area (Å²) in [6.07, 6.45) is 0. The van der Waals surface area contributed by atoms with Crippen LogP contribution in [0.2, 0.25) is 5.02 Å². The van der Waals surface area contributed by atoms with Crippen LogP contribution in [0.1, 0.15) is 10.4 Å². The van der Waals surface area contributed by atoms with Crippen molar-refractivity contribution >= 4 is 23.5 Å². The van der Waals surface area contributed by atoms with Gasteiger partial charge in [0, 0.05) is 50.8 Å². The van der Waals surface area contributed by atoms with Crippen molar-refractivity contribution in [3.8, 4) is 0 Å². The number of hydrogen-bond acceptors (Lipinski definition) is 4. The zero-order chi connectivity index (χ0) is 18.2. The van der Waals surface area contributed by atoms with E-state index < -0.39 is 23.1 Å². The van der Waals surface area contributed by atoms with Crippen LogP contribution in [0.25, 0.3) is 0 Å². The van der Waals surface area contributed by atoms with Crippen molar-refractivity contribution in [2.24, 2.45) is 11.3 Å². The van der Waals surface area contributed by atoms with Gasteiger partial charge in [-0.1, -0.05) is 11.6 Å². The number of fused-ring (bicyclic) bond motifs is 1. The van der Waals surface area contributed by atoms with E-state index in [0.29, 0.717) is 32.8 Å². The van der Waals surface area contributed by atoms with Crippen LogP contribution in [-0.4, -0.2) is 73.2 Å². The summed E-state index contributed by atoms with van der Waals surface area (Å²) in [5.41, 5.74) is -1.09. The maximum absolute atomic E-state index is 14.0. The van der Waals surface area contributed by atoms with E-state index in [1.165, 1.54) is 17.0 Å². The zero-order valence-corrected chi connectivity index (χ0v) is 14.6. The highest BCUT2D eigenvalue weighted by atomic mass is 35.5. The van der Waals surface area contributed by atoms with E-state index in [1.807, 2.05) is 4.90 Å². The molecule has 2 heterocycles. The second-order valence-corrected chi connectivity index (χ2v) is 7.13. The average Bonchev–Trinajstić information content (AvgIpc) is 3.07. The number of benzene rings is 1. The number of aliphatic carboxylic acids is 1. The molecule has 3 rings (SSSR count). The minimum atomic E-state index is -1.01. The number of carbonyl (C=O) groups is 2. The number of ether oxygens (including phenoxy) is 1. The van der Waals surface area contributed by atoms with Gasteiger partial charge < -0.3 is 14.7 Å². The van der Waals surface area contributed by atoms with Gasteiger partial charge in [0.25, 0.3) is 5.91 Å². The summed E-state index contributed by atoms with van der Waals surface area (Å²) < 4.78 is 19.1. The monoisotopic (exact) mass is 370 g/mol.